The number of rotatable bonds is 7. The van der Waals surface area contributed by atoms with Gasteiger partial charge in [0.25, 0.3) is 0 Å². The van der Waals surface area contributed by atoms with Gasteiger partial charge >= 0.3 is 0 Å². The van der Waals surface area contributed by atoms with E-state index in [9.17, 15) is 4.79 Å². The molecular weight excluding hydrogens is 414 g/mol. The number of carbonyl (C=O) groups excluding carboxylic acids is 1. The van der Waals surface area contributed by atoms with Crippen molar-refractivity contribution in [2.24, 2.45) is 0 Å². The van der Waals surface area contributed by atoms with Crippen molar-refractivity contribution in [1.82, 2.24) is 9.13 Å². The first-order valence-corrected chi connectivity index (χ1v) is 10.9. The number of ketones is 1. The number of hydrogen-bond acceptors (Lipinski definition) is 4. The van der Waals surface area contributed by atoms with E-state index in [4.69, 9.17) is 14.9 Å². The molecule has 0 unspecified atom stereocenters. The van der Waals surface area contributed by atoms with Gasteiger partial charge in [-0.05, 0) is 49.6 Å². The Bertz CT molecular complexity index is 1400. The summed E-state index contributed by atoms with van der Waals surface area (Å²) < 4.78 is 15.0. The van der Waals surface area contributed by atoms with E-state index in [0.717, 1.165) is 33.3 Å². The molecule has 1 N–H and O–H groups in total. The highest BCUT2D eigenvalue weighted by atomic mass is 16.5. The highest BCUT2D eigenvalue weighted by molar-refractivity contribution is 6.02. The maximum Gasteiger partial charge on any atom is 0.203 e. The van der Waals surface area contributed by atoms with Crippen molar-refractivity contribution in [3.05, 3.63) is 88.0 Å². The molecule has 1 heterocycles. The number of imidazole rings is 1. The quantitative estimate of drug-likeness (QED) is 0.417. The van der Waals surface area contributed by atoms with E-state index in [0.29, 0.717) is 23.6 Å². The highest BCUT2D eigenvalue weighted by Gasteiger charge is 2.25. The Morgan fingerprint density at radius 3 is 1.94 bits per heavy atom. The highest BCUT2D eigenvalue weighted by Crippen LogP contribution is 2.38. The molecule has 0 saturated carbocycles. The van der Waals surface area contributed by atoms with Gasteiger partial charge < -0.3 is 18.6 Å². The predicted molar refractivity (Wildman–Crippen MR) is 129 cm³/mol. The van der Waals surface area contributed by atoms with Crippen LogP contribution in [0.2, 0.25) is 0 Å². The van der Waals surface area contributed by atoms with E-state index in [-0.39, 0.29) is 17.9 Å². The van der Waals surface area contributed by atoms with Crippen LogP contribution in [-0.2, 0) is 13.1 Å². The first kappa shape index (κ1) is 22.4. The molecule has 170 valence electrons. The van der Waals surface area contributed by atoms with Gasteiger partial charge in [0.1, 0.15) is 11.5 Å². The number of fused-ring (bicyclic) bond motifs is 1. The molecule has 4 rings (SSSR count). The third-order valence-corrected chi connectivity index (χ3v) is 6.33. The van der Waals surface area contributed by atoms with Gasteiger partial charge in [-0.2, -0.15) is 0 Å². The summed E-state index contributed by atoms with van der Waals surface area (Å²) in [5.74, 6) is 1.14. The SMILES string of the molecule is COc1c(C)c(C)c(OC)c(C(=O)Cn2c(=N)n(Cc3ccccc3)c3ccccc32)c1C. The lowest BCUT2D eigenvalue weighted by atomic mass is 9.94. The first-order valence-electron chi connectivity index (χ1n) is 10.9. The van der Waals surface area contributed by atoms with E-state index in [2.05, 4.69) is 0 Å². The molecule has 0 amide bonds. The van der Waals surface area contributed by atoms with Crippen LogP contribution in [0.25, 0.3) is 11.0 Å². The van der Waals surface area contributed by atoms with E-state index in [1.165, 1.54) is 0 Å². The van der Waals surface area contributed by atoms with Crippen molar-refractivity contribution in [2.45, 2.75) is 33.9 Å². The van der Waals surface area contributed by atoms with Crippen LogP contribution in [-0.4, -0.2) is 29.1 Å². The molecule has 1 aromatic heterocycles. The number of benzene rings is 3. The van der Waals surface area contributed by atoms with Crippen molar-refractivity contribution in [3.8, 4) is 11.5 Å². The summed E-state index contributed by atoms with van der Waals surface area (Å²) in [5, 5.41) is 8.90. The maximum atomic E-state index is 13.7. The van der Waals surface area contributed by atoms with Crippen molar-refractivity contribution >= 4 is 16.8 Å². The minimum Gasteiger partial charge on any atom is -0.496 e. The number of para-hydroxylation sites is 2. The smallest absolute Gasteiger partial charge is 0.203 e. The molecule has 0 aliphatic heterocycles. The van der Waals surface area contributed by atoms with Gasteiger partial charge in [0.05, 0.1) is 43.9 Å². The summed E-state index contributed by atoms with van der Waals surface area (Å²) >= 11 is 0. The van der Waals surface area contributed by atoms with E-state index >= 15 is 0 Å². The third-order valence-electron chi connectivity index (χ3n) is 6.33. The van der Waals surface area contributed by atoms with Gasteiger partial charge in [-0.1, -0.05) is 42.5 Å². The van der Waals surface area contributed by atoms with Crippen LogP contribution in [0.5, 0.6) is 11.5 Å². The lowest BCUT2D eigenvalue weighted by Crippen LogP contribution is -2.28. The largest absolute Gasteiger partial charge is 0.496 e. The number of nitrogens with one attached hydrogen (secondary N) is 1. The Morgan fingerprint density at radius 2 is 1.33 bits per heavy atom. The van der Waals surface area contributed by atoms with Gasteiger partial charge in [-0.25, -0.2) is 0 Å². The van der Waals surface area contributed by atoms with Gasteiger partial charge in [0, 0.05) is 5.56 Å². The second-order valence-corrected chi connectivity index (χ2v) is 8.21. The number of aromatic nitrogens is 2. The Kier molecular flexibility index (Phi) is 6.09. The van der Waals surface area contributed by atoms with Crippen LogP contribution in [0.4, 0.5) is 0 Å². The van der Waals surface area contributed by atoms with Crippen LogP contribution in [0.1, 0.15) is 32.6 Å². The van der Waals surface area contributed by atoms with Gasteiger partial charge in [0.15, 0.2) is 5.78 Å². The molecule has 0 aliphatic rings. The molecule has 0 bridgehead atoms. The number of hydrogen-bond donors (Lipinski definition) is 1. The van der Waals surface area contributed by atoms with Crippen LogP contribution in [0.15, 0.2) is 54.6 Å². The number of methoxy groups -OCH3 is 2. The number of Topliss-reactive ketones (excluding diaryl/α,β-unsaturated/α-hetero) is 1. The topological polar surface area (TPSA) is 69.2 Å². The van der Waals surface area contributed by atoms with Crippen molar-refractivity contribution in [2.75, 3.05) is 14.2 Å². The molecule has 0 atom stereocenters. The Balaban J connectivity index is 1.83. The summed E-state index contributed by atoms with van der Waals surface area (Å²) in [6, 6.07) is 17.9. The second-order valence-electron chi connectivity index (χ2n) is 8.21. The van der Waals surface area contributed by atoms with E-state index < -0.39 is 0 Å². The molecule has 4 aromatic rings. The fourth-order valence-electron chi connectivity index (χ4n) is 4.59. The second kappa shape index (κ2) is 8.98. The number of nitrogens with zero attached hydrogens (tertiary/aromatic N) is 2. The first-order chi connectivity index (χ1) is 15.9. The third kappa shape index (κ3) is 3.82. The number of ether oxygens (including phenoxy) is 2. The molecule has 6 heteroatoms. The monoisotopic (exact) mass is 443 g/mol. The summed E-state index contributed by atoms with van der Waals surface area (Å²) in [5.41, 5.74) is 6.23. The molecule has 6 nitrogen and oxygen atoms in total. The molecule has 0 radical (unpaired) electrons. The van der Waals surface area contributed by atoms with Gasteiger partial charge in [-0.3, -0.25) is 10.2 Å². The zero-order chi connectivity index (χ0) is 23.7. The van der Waals surface area contributed by atoms with Crippen molar-refractivity contribution in [1.29, 1.82) is 5.41 Å². The van der Waals surface area contributed by atoms with Crippen LogP contribution in [0, 0.1) is 26.2 Å². The zero-order valence-electron chi connectivity index (χ0n) is 19.7. The normalized spacial score (nSPS) is 11.1. The molecule has 0 spiro atoms. The minimum absolute atomic E-state index is 0.0317. The zero-order valence-corrected chi connectivity index (χ0v) is 19.7. The summed E-state index contributed by atoms with van der Waals surface area (Å²) in [6.45, 7) is 6.37. The van der Waals surface area contributed by atoms with Crippen LogP contribution < -0.4 is 15.1 Å². The maximum absolute atomic E-state index is 13.7. The van der Waals surface area contributed by atoms with Crippen LogP contribution >= 0.6 is 0 Å². The lowest BCUT2D eigenvalue weighted by Gasteiger charge is -2.20. The molecule has 0 saturated heterocycles. The van der Waals surface area contributed by atoms with E-state index in [1.54, 1.807) is 18.8 Å². The molecule has 0 aliphatic carbocycles. The molecular formula is C27H29N3O3. The van der Waals surface area contributed by atoms with Crippen LogP contribution in [0.3, 0.4) is 0 Å². The van der Waals surface area contributed by atoms with E-state index in [1.807, 2.05) is 79.9 Å². The minimum atomic E-state index is -0.119. The molecule has 33 heavy (non-hydrogen) atoms. The van der Waals surface area contributed by atoms with Crippen molar-refractivity contribution < 1.29 is 14.3 Å². The summed E-state index contributed by atoms with van der Waals surface area (Å²) in [4.78, 5) is 13.7. The fourth-order valence-corrected chi connectivity index (χ4v) is 4.59. The predicted octanol–water partition coefficient (Wildman–Crippen LogP) is 4.80. The summed E-state index contributed by atoms with van der Waals surface area (Å²) in [7, 11) is 3.20. The molecule has 0 fully saturated rings. The van der Waals surface area contributed by atoms with Gasteiger partial charge in [-0.15, -0.1) is 0 Å². The van der Waals surface area contributed by atoms with Gasteiger partial charge in [0.2, 0.25) is 5.62 Å². The number of carbonyl (C=O) groups is 1. The standard InChI is InChI=1S/C27H29N3O3/c1-17-18(2)26(33-5)24(19(3)25(17)32-4)23(31)16-30-22-14-10-9-13-21(22)29(27(30)28)15-20-11-7-6-8-12-20/h6-14,28H,15-16H2,1-5H3. The Hall–Kier alpha value is -3.80. The average Bonchev–Trinajstić information content (AvgIpc) is 3.08. The Morgan fingerprint density at radius 1 is 0.788 bits per heavy atom. The Labute approximate surface area is 193 Å². The fraction of sp³-hybridized carbons (Fsp3) is 0.259. The van der Waals surface area contributed by atoms with Crippen molar-refractivity contribution in [3.63, 3.8) is 0 Å². The summed E-state index contributed by atoms with van der Waals surface area (Å²) in [6.07, 6.45) is 0. The molecule has 3 aromatic carbocycles. The lowest BCUT2D eigenvalue weighted by molar-refractivity contribution is 0.0967. The average molecular weight is 444 g/mol.